The van der Waals surface area contributed by atoms with E-state index in [1.807, 2.05) is 45.0 Å². The van der Waals surface area contributed by atoms with Gasteiger partial charge in [-0.3, -0.25) is 4.79 Å². The SMILES string of the molecule is CC(C)CC(=O)OC[C@H]1O[C@@H](c2ccc3c(N)ncnn23)[C@]2(C)OC(c3ccc(Cl)cc3)O[C@H]12. The minimum absolute atomic E-state index is 0.0550. The van der Waals surface area contributed by atoms with Gasteiger partial charge in [0.15, 0.2) is 12.1 Å². The number of nitrogens with zero attached hydrogens (tertiary/aromatic N) is 3. The van der Waals surface area contributed by atoms with Gasteiger partial charge in [0.25, 0.3) is 0 Å². The van der Waals surface area contributed by atoms with E-state index in [1.165, 1.54) is 6.33 Å². The van der Waals surface area contributed by atoms with Gasteiger partial charge in [-0.2, -0.15) is 5.10 Å². The van der Waals surface area contributed by atoms with Crippen LogP contribution in [0, 0.1) is 5.92 Å². The Kier molecular flexibility index (Phi) is 5.97. The van der Waals surface area contributed by atoms with Crippen LogP contribution in [-0.4, -0.2) is 45.0 Å². The maximum absolute atomic E-state index is 12.2. The molecule has 1 aromatic carbocycles. The standard InChI is InChI=1S/C24H27ClN4O5/c1-13(2)10-19(30)31-11-18-21-24(3,34-23(33-21)14-4-6-15(25)7-5-14)20(32-18)16-8-9-17-22(26)27-12-28-29(16)17/h4-9,12-13,18,20-21,23H,10-11H2,1-3H3,(H2,26,27,28)/t18-,20+,21-,23?,24+/m1/s1. The van der Waals surface area contributed by atoms with E-state index in [1.54, 1.807) is 16.6 Å². The van der Waals surface area contributed by atoms with Gasteiger partial charge in [0.05, 0.1) is 5.69 Å². The first-order valence-electron chi connectivity index (χ1n) is 11.2. The number of fused-ring (bicyclic) bond motifs is 2. The number of ether oxygens (including phenoxy) is 4. The van der Waals surface area contributed by atoms with E-state index in [0.717, 1.165) is 11.3 Å². The summed E-state index contributed by atoms with van der Waals surface area (Å²) in [6, 6.07) is 11.0. The van der Waals surface area contributed by atoms with Crippen LogP contribution < -0.4 is 5.73 Å². The Bertz CT molecular complexity index is 1200. The van der Waals surface area contributed by atoms with Crippen LogP contribution in [0.1, 0.15) is 50.8 Å². The smallest absolute Gasteiger partial charge is 0.306 e. The lowest BCUT2D eigenvalue weighted by Crippen LogP contribution is -2.41. The predicted molar refractivity (Wildman–Crippen MR) is 124 cm³/mol. The van der Waals surface area contributed by atoms with Crippen LogP contribution in [0.5, 0.6) is 0 Å². The Balaban J connectivity index is 1.47. The van der Waals surface area contributed by atoms with E-state index in [0.29, 0.717) is 22.8 Å². The van der Waals surface area contributed by atoms with Crippen LogP contribution >= 0.6 is 11.6 Å². The second-order valence-corrected chi connectivity index (χ2v) is 9.71. The molecule has 180 valence electrons. The fraction of sp³-hybridized carbons (Fsp3) is 0.458. The molecule has 0 saturated carbocycles. The molecule has 2 aliphatic rings. The Labute approximate surface area is 202 Å². The predicted octanol–water partition coefficient (Wildman–Crippen LogP) is 3.87. The molecule has 5 rings (SSSR count). The number of hydrogen-bond donors (Lipinski definition) is 1. The zero-order valence-corrected chi connectivity index (χ0v) is 19.9. The first kappa shape index (κ1) is 23.0. The summed E-state index contributed by atoms with van der Waals surface area (Å²) >= 11 is 6.06. The van der Waals surface area contributed by atoms with E-state index < -0.39 is 30.2 Å². The third-order valence-electron chi connectivity index (χ3n) is 6.27. The summed E-state index contributed by atoms with van der Waals surface area (Å²) in [5, 5.41) is 4.99. The summed E-state index contributed by atoms with van der Waals surface area (Å²) in [6.45, 7) is 5.93. The maximum atomic E-state index is 12.2. The molecule has 0 radical (unpaired) electrons. The number of carbonyl (C=O) groups is 1. The first-order valence-corrected chi connectivity index (χ1v) is 11.6. The zero-order valence-electron chi connectivity index (χ0n) is 19.2. The van der Waals surface area contributed by atoms with Crippen LogP contribution in [-0.2, 0) is 23.7 Å². The number of nitrogen functional groups attached to an aromatic ring is 1. The molecule has 2 aromatic heterocycles. The van der Waals surface area contributed by atoms with Crippen molar-refractivity contribution in [2.45, 2.75) is 57.4 Å². The van der Waals surface area contributed by atoms with Crippen LogP contribution in [0.25, 0.3) is 5.52 Å². The van der Waals surface area contributed by atoms with Crippen LogP contribution in [0.2, 0.25) is 5.02 Å². The molecule has 0 aliphatic carbocycles. The molecule has 0 amide bonds. The molecule has 5 atom stereocenters. The lowest BCUT2D eigenvalue weighted by Gasteiger charge is -2.27. The lowest BCUT2D eigenvalue weighted by molar-refractivity contribution is -0.168. The van der Waals surface area contributed by atoms with Gasteiger partial charge in [-0.15, -0.1) is 0 Å². The zero-order chi connectivity index (χ0) is 24.0. The fourth-order valence-electron chi connectivity index (χ4n) is 4.64. The third kappa shape index (κ3) is 4.02. The van der Waals surface area contributed by atoms with Gasteiger partial charge in [0.1, 0.15) is 42.4 Å². The molecule has 2 aliphatic heterocycles. The molecule has 3 aromatic rings. The van der Waals surface area contributed by atoms with Gasteiger partial charge in [0.2, 0.25) is 0 Å². The van der Waals surface area contributed by atoms with Crippen molar-refractivity contribution in [3.05, 3.63) is 59.0 Å². The van der Waals surface area contributed by atoms with Crippen molar-refractivity contribution in [1.82, 2.24) is 14.6 Å². The lowest BCUT2D eigenvalue weighted by atomic mass is 9.91. The highest BCUT2D eigenvalue weighted by Crippen LogP contribution is 2.53. The molecule has 4 heterocycles. The average Bonchev–Trinajstić information content (AvgIpc) is 3.43. The number of rotatable bonds is 6. The first-order chi connectivity index (χ1) is 16.3. The van der Waals surface area contributed by atoms with Crippen LogP contribution in [0.15, 0.2) is 42.7 Å². The fourth-order valence-corrected chi connectivity index (χ4v) is 4.76. The molecular weight excluding hydrogens is 460 g/mol. The largest absolute Gasteiger partial charge is 0.463 e. The average molecular weight is 487 g/mol. The second kappa shape index (κ2) is 8.81. The quantitative estimate of drug-likeness (QED) is 0.523. The number of esters is 1. The number of nitrogens with two attached hydrogens (primary N) is 1. The van der Waals surface area contributed by atoms with E-state index >= 15 is 0 Å². The van der Waals surface area contributed by atoms with Crippen molar-refractivity contribution in [3.63, 3.8) is 0 Å². The van der Waals surface area contributed by atoms with Gasteiger partial charge in [-0.1, -0.05) is 37.6 Å². The summed E-state index contributed by atoms with van der Waals surface area (Å²) in [4.78, 5) is 16.3. The highest BCUT2D eigenvalue weighted by Gasteiger charge is 2.62. The second-order valence-electron chi connectivity index (χ2n) is 9.28. The Hall–Kier alpha value is -2.72. The minimum atomic E-state index is -0.882. The normalized spacial score (nSPS) is 28.5. The molecule has 2 saturated heterocycles. The summed E-state index contributed by atoms with van der Waals surface area (Å²) < 4.78 is 26.5. The molecule has 2 N–H and O–H groups in total. The number of benzene rings is 1. The van der Waals surface area contributed by atoms with Gasteiger partial charge >= 0.3 is 5.97 Å². The van der Waals surface area contributed by atoms with Crippen LogP contribution in [0.3, 0.4) is 0 Å². The van der Waals surface area contributed by atoms with Crippen LogP contribution in [0.4, 0.5) is 5.82 Å². The van der Waals surface area contributed by atoms with Gasteiger partial charge in [-0.05, 0) is 37.1 Å². The Morgan fingerprint density at radius 3 is 2.74 bits per heavy atom. The van der Waals surface area contributed by atoms with E-state index in [2.05, 4.69) is 10.1 Å². The monoisotopic (exact) mass is 486 g/mol. The number of anilines is 1. The molecule has 0 spiro atoms. The van der Waals surface area contributed by atoms with E-state index in [9.17, 15) is 4.79 Å². The van der Waals surface area contributed by atoms with Crippen molar-refractivity contribution in [2.24, 2.45) is 5.92 Å². The van der Waals surface area contributed by atoms with Crippen molar-refractivity contribution >= 4 is 28.9 Å². The Morgan fingerprint density at radius 2 is 2.00 bits per heavy atom. The molecule has 0 bridgehead atoms. The molecule has 10 heteroatoms. The van der Waals surface area contributed by atoms with Gasteiger partial charge in [-0.25, -0.2) is 9.50 Å². The molecule has 34 heavy (non-hydrogen) atoms. The van der Waals surface area contributed by atoms with Crippen molar-refractivity contribution in [3.8, 4) is 0 Å². The molecular formula is C24H27ClN4O5. The van der Waals surface area contributed by atoms with Crippen molar-refractivity contribution in [2.75, 3.05) is 12.3 Å². The summed E-state index contributed by atoms with van der Waals surface area (Å²) in [7, 11) is 0. The van der Waals surface area contributed by atoms with Crippen molar-refractivity contribution < 1.29 is 23.7 Å². The minimum Gasteiger partial charge on any atom is -0.463 e. The maximum Gasteiger partial charge on any atom is 0.306 e. The van der Waals surface area contributed by atoms with Gasteiger partial charge in [0, 0.05) is 17.0 Å². The van der Waals surface area contributed by atoms with Crippen molar-refractivity contribution in [1.29, 1.82) is 0 Å². The molecule has 9 nitrogen and oxygen atoms in total. The number of aromatic nitrogens is 3. The number of carbonyl (C=O) groups excluding carboxylic acids is 1. The number of hydrogen-bond acceptors (Lipinski definition) is 8. The molecule has 1 unspecified atom stereocenters. The van der Waals surface area contributed by atoms with Gasteiger partial charge < -0.3 is 24.7 Å². The van der Waals surface area contributed by atoms with E-state index in [-0.39, 0.29) is 18.5 Å². The topological polar surface area (TPSA) is 110 Å². The summed E-state index contributed by atoms with van der Waals surface area (Å²) in [5.41, 5.74) is 7.39. The number of halogens is 1. The summed E-state index contributed by atoms with van der Waals surface area (Å²) in [6.07, 6.45) is -0.474. The third-order valence-corrected chi connectivity index (χ3v) is 6.52. The highest BCUT2D eigenvalue weighted by molar-refractivity contribution is 6.30. The Morgan fingerprint density at radius 1 is 1.24 bits per heavy atom. The molecule has 2 fully saturated rings. The van der Waals surface area contributed by atoms with E-state index in [4.69, 9.17) is 36.3 Å². The highest BCUT2D eigenvalue weighted by atomic mass is 35.5. The summed E-state index contributed by atoms with van der Waals surface area (Å²) in [5.74, 6) is 0.293.